The molecule has 0 aliphatic heterocycles. The summed E-state index contributed by atoms with van der Waals surface area (Å²) in [6.45, 7) is 0.554. The van der Waals surface area contributed by atoms with E-state index in [0.717, 1.165) is 31.1 Å². The van der Waals surface area contributed by atoms with E-state index < -0.39 is 5.82 Å². The molecule has 2 aliphatic carbocycles. The van der Waals surface area contributed by atoms with E-state index >= 15 is 0 Å². The molecule has 1 aromatic heterocycles. The molecule has 2 unspecified atom stereocenters. The van der Waals surface area contributed by atoms with Crippen molar-refractivity contribution in [2.75, 3.05) is 11.4 Å². The van der Waals surface area contributed by atoms with Crippen LogP contribution in [0.4, 0.5) is 10.1 Å². The molecule has 2 amide bonds. The van der Waals surface area contributed by atoms with E-state index in [2.05, 4.69) is 10.3 Å². The number of fused-ring (bicyclic) bond motifs is 2. The number of amides is 2. The lowest BCUT2D eigenvalue weighted by atomic mass is 9.95. The number of aromatic nitrogens is 1. The van der Waals surface area contributed by atoms with Crippen LogP contribution < -0.4 is 10.2 Å². The van der Waals surface area contributed by atoms with E-state index in [-0.39, 0.29) is 17.0 Å². The SMILES string of the molecule is O=CN(CC1C2C[C@H](NC(=O)c3cccc4cccnc34)CC[C@@H]21)c1ccc(F)cc1Cl. The summed E-state index contributed by atoms with van der Waals surface area (Å²) in [5.41, 5.74) is 1.83. The summed E-state index contributed by atoms with van der Waals surface area (Å²) in [6, 6.07) is 13.6. The predicted molar refractivity (Wildman–Crippen MR) is 122 cm³/mol. The minimum absolute atomic E-state index is 0.0948. The zero-order valence-corrected chi connectivity index (χ0v) is 18.1. The minimum Gasteiger partial charge on any atom is -0.349 e. The van der Waals surface area contributed by atoms with Crippen molar-refractivity contribution < 1.29 is 14.0 Å². The molecule has 2 fully saturated rings. The third kappa shape index (κ3) is 3.95. The lowest BCUT2D eigenvalue weighted by molar-refractivity contribution is -0.107. The molecule has 0 spiro atoms. The zero-order valence-electron chi connectivity index (χ0n) is 17.4. The Balaban J connectivity index is 1.23. The second kappa shape index (κ2) is 8.51. The predicted octanol–water partition coefficient (Wildman–Crippen LogP) is 4.83. The van der Waals surface area contributed by atoms with Crippen LogP contribution in [0.1, 0.15) is 29.6 Å². The minimum atomic E-state index is -0.426. The molecule has 32 heavy (non-hydrogen) atoms. The van der Waals surface area contributed by atoms with Gasteiger partial charge in [-0.25, -0.2) is 4.39 Å². The van der Waals surface area contributed by atoms with Gasteiger partial charge in [0.05, 0.1) is 21.8 Å². The van der Waals surface area contributed by atoms with Crippen molar-refractivity contribution in [3.05, 3.63) is 71.1 Å². The molecular formula is C25H23ClFN3O2. The third-order valence-corrected chi connectivity index (χ3v) is 7.18. The van der Waals surface area contributed by atoms with Crippen LogP contribution >= 0.6 is 11.6 Å². The molecule has 0 radical (unpaired) electrons. The Hall–Kier alpha value is -2.99. The van der Waals surface area contributed by atoms with Crippen molar-refractivity contribution >= 4 is 40.5 Å². The molecular weight excluding hydrogens is 429 g/mol. The van der Waals surface area contributed by atoms with Crippen LogP contribution in [0.3, 0.4) is 0 Å². The number of pyridine rings is 1. The maximum atomic E-state index is 13.4. The van der Waals surface area contributed by atoms with Crippen LogP contribution in [-0.4, -0.2) is 29.9 Å². The number of carbonyl (C=O) groups is 2. The molecule has 2 saturated carbocycles. The highest BCUT2D eigenvalue weighted by Gasteiger charge is 2.53. The van der Waals surface area contributed by atoms with Gasteiger partial charge in [-0.1, -0.05) is 29.8 Å². The largest absolute Gasteiger partial charge is 0.349 e. The number of nitrogens with one attached hydrogen (secondary N) is 1. The summed E-state index contributed by atoms with van der Waals surface area (Å²) in [6.07, 6.45) is 5.28. The highest BCUT2D eigenvalue weighted by Crippen LogP contribution is 2.56. The van der Waals surface area contributed by atoms with Gasteiger partial charge in [-0.05, 0) is 67.3 Å². The molecule has 3 aromatic rings. The van der Waals surface area contributed by atoms with Gasteiger partial charge in [0.2, 0.25) is 6.41 Å². The second-order valence-corrected chi connectivity index (χ2v) is 9.12. The lowest BCUT2D eigenvalue weighted by Gasteiger charge is -2.22. The normalized spacial score (nSPS) is 23.9. The molecule has 0 bridgehead atoms. The first kappa shape index (κ1) is 20.9. The van der Waals surface area contributed by atoms with E-state index in [0.29, 0.717) is 41.1 Å². The van der Waals surface area contributed by atoms with Crippen LogP contribution in [0, 0.1) is 23.6 Å². The summed E-state index contributed by atoms with van der Waals surface area (Å²) < 4.78 is 13.4. The van der Waals surface area contributed by atoms with Gasteiger partial charge in [0.15, 0.2) is 0 Å². The first-order valence-corrected chi connectivity index (χ1v) is 11.2. The Labute approximate surface area is 190 Å². The van der Waals surface area contributed by atoms with E-state index in [4.69, 9.17) is 11.6 Å². The van der Waals surface area contributed by atoms with E-state index in [9.17, 15) is 14.0 Å². The van der Waals surface area contributed by atoms with Crippen molar-refractivity contribution in [3.63, 3.8) is 0 Å². The van der Waals surface area contributed by atoms with E-state index in [1.165, 1.54) is 12.1 Å². The van der Waals surface area contributed by atoms with Crippen LogP contribution in [0.15, 0.2) is 54.7 Å². The maximum absolute atomic E-state index is 13.4. The van der Waals surface area contributed by atoms with Crippen molar-refractivity contribution in [2.24, 2.45) is 17.8 Å². The molecule has 1 heterocycles. The quantitative estimate of drug-likeness (QED) is 0.546. The fourth-order valence-electron chi connectivity index (χ4n) is 5.23. The van der Waals surface area contributed by atoms with E-state index in [1.807, 2.05) is 30.3 Å². The molecule has 1 N–H and O–H groups in total. The number of hydrogen-bond donors (Lipinski definition) is 1. The van der Waals surface area contributed by atoms with Crippen LogP contribution in [0.25, 0.3) is 10.9 Å². The smallest absolute Gasteiger partial charge is 0.253 e. The highest BCUT2D eigenvalue weighted by atomic mass is 35.5. The molecule has 7 heteroatoms. The first-order chi connectivity index (χ1) is 15.5. The van der Waals surface area contributed by atoms with Gasteiger partial charge in [-0.15, -0.1) is 0 Å². The summed E-state index contributed by atoms with van der Waals surface area (Å²) in [7, 11) is 0. The fourth-order valence-corrected chi connectivity index (χ4v) is 5.51. The third-order valence-electron chi connectivity index (χ3n) is 6.88. The van der Waals surface area contributed by atoms with Gasteiger partial charge < -0.3 is 10.2 Å². The number of benzene rings is 2. The van der Waals surface area contributed by atoms with Gasteiger partial charge in [0, 0.05) is 24.2 Å². The Morgan fingerprint density at radius 3 is 2.84 bits per heavy atom. The highest BCUT2D eigenvalue weighted by molar-refractivity contribution is 6.33. The van der Waals surface area contributed by atoms with E-state index in [1.54, 1.807) is 17.2 Å². The second-order valence-electron chi connectivity index (χ2n) is 8.71. The Kier molecular flexibility index (Phi) is 5.55. The van der Waals surface area contributed by atoms with Crippen molar-refractivity contribution in [1.29, 1.82) is 0 Å². The zero-order chi connectivity index (χ0) is 22.2. The Morgan fingerprint density at radius 2 is 2.03 bits per heavy atom. The average Bonchev–Trinajstić information content (AvgIpc) is 3.48. The van der Waals surface area contributed by atoms with Gasteiger partial charge in [-0.2, -0.15) is 0 Å². The maximum Gasteiger partial charge on any atom is 0.253 e. The number of para-hydroxylation sites is 1. The topological polar surface area (TPSA) is 62.3 Å². The number of hydrogen-bond acceptors (Lipinski definition) is 3. The van der Waals surface area contributed by atoms with Crippen molar-refractivity contribution in [3.8, 4) is 0 Å². The number of carbonyl (C=O) groups excluding carboxylic acids is 2. The molecule has 4 atom stereocenters. The molecule has 5 rings (SSSR count). The molecule has 5 nitrogen and oxygen atoms in total. The molecule has 164 valence electrons. The summed E-state index contributed by atoms with van der Waals surface area (Å²) in [4.78, 5) is 30.6. The number of rotatable bonds is 6. The number of nitrogens with zero attached hydrogens (tertiary/aromatic N) is 2. The fraction of sp³-hybridized carbons (Fsp3) is 0.320. The van der Waals surface area contributed by atoms with Gasteiger partial charge in [0.1, 0.15) is 5.82 Å². The van der Waals surface area contributed by atoms with Gasteiger partial charge >= 0.3 is 0 Å². The Bertz CT molecular complexity index is 1180. The number of anilines is 1. The number of halogens is 2. The molecule has 2 aliphatic rings. The van der Waals surface area contributed by atoms with Crippen LogP contribution in [0.5, 0.6) is 0 Å². The van der Waals surface area contributed by atoms with Crippen LogP contribution in [0.2, 0.25) is 5.02 Å². The van der Waals surface area contributed by atoms with Crippen molar-refractivity contribution in [2.45, 2.75) is 25.3 Å². The van der Waals surface area contributed by atoms with Crippen molar-refractivity contribution in [1.82, 2.24) is 10.3 Å². The van der Waals surface area contributed by atoms with Gasteiger partial charge in [-0.3, -0.25) is 14.6 Å². The molecule has 2 aromatic carbocycles. The Morgan fingerprint density at radius 1 is 1.19 bits per heavy atom. The van der Waals surface area contributed by atoms with Crippen LogP contribution in [-0.2, 0) is 4.79 Å². The van der Waals surface area contributed by atoms with Gasteiger partial charge in [0.25, 0.3) is 5.91 Å². The standard InChI is InChI=1S/C25H23ClFN3O2/c26-22-11-16(27)6-9-23(22)30(14-31)13-21-18-8-7-17(12-20(18)21)29-25(32)19-5-1-3-15-4-2-10-28-24(15)19/h1-6,9-11,14,17-18,20-21H,7-8,12-13H2,(H,29,32)/t17-,18+,20?,21?/m1/s1. The lowest BCUT2D eigenvalue weighted by Crippen LogP contribution is -2.37. The molecule has 0 saturated heterocycles. The first-order valence-electron chi connectivity index (χ1n) is 10.9. The summed E-state index contributed by atoms with van der Waals surface area (Å²) in [5.74, 6) is 0.847. The summed E-state index contributed by atoms with van der Waals surface area (Å²) in [5, 5.41) is 4.37. The average molecular weight is 452 g/mol. The summed E-state index contributed by atoms with van der Waals surface area (Å²) >= 11 is 6.15. The monoisotopic (exact) mass is 451 g/mol.